The van der Waals surface area contributed by atoms with E-state index in [-0.39, 0.29) is 18.4 Å². The van der Waals surface area contributed by atoms with E-state index in [0.29, 0.717) is 26.0 Å². The van der Waals surface area contributed by atoms with Crippen LogP contribution in [-0.2, 0) is 20.7 Å². The summed E-state index contributed by atoms with van der Waals surface area (Å²) in [6.07, 6.45) is 5.22. The third-order valence-electron chi connectivity index (χ3n) is 5.26. The van der Waals surface area contributed by atoms with Crippen LogP contribution < -0.4 is 0 Å². The second-order valence-corrected chi connectivity index (χ2v) is 7.68. The smallest absolute Gasteiger partial charge is 0.256 e. The number of amides is 2. The van der Waals surface area contributed by atoms with E-state index in [1.807, 2.05) is 49.5 Å². The predicted octanol–water partition coefficient (Wildman–Crippen LogP) is 2.78. The number of pyridine rings is 1. The third kappa shape index (κ3) is 4.65. The lowest BCUT2D eigenvalue weighted by Crippen LogP contribution is -2.61. The van der Waals surface area contributed by atoms with Crippen LogP contribution in [0.4, 0.5) is 0 Å². The van der Waals surface area contributed by atoms with Gasteiger partial charge in [-0.3, -0.25) is 14.6 Å². The normalized spacial score (nSPS) is 19.1. The van der Waals surface area contributed by atoms with Crippen LogP contribution in [0.15, 0.2) is 48.8 Å². The van der Waals surface area contributed by atoms with E-state index in [4.69, 9.17) is 4.74 Å². The monoisotopic (exact) mass is 395 g/mol. The number of morpholine rings is 1. The highest BCUT2D eigenvalue weighted by Crippen LogP contribution is 2.31. The maximum absolute atomic E-state index is 13.2. The molecule has 29 heavy (non-hydrogen) atoms. The van der Waals surface area contributed by atoms with Crippen molar-refractivity contribution in [3.05, 3.63) is 54.4 Å². The van der Waals surface area contributed by atoms with Gasteiger partial charge in [-0.25, -0.2) is 0 Å². The maximum Gasteiger partial charge on any atom is 0.256 e. The fourth-order valence-corrected chi connectivity index (χ4v) is 3.87. The van der Waals surface area contributed by atoms with Crippen LogP contribution in [-0.4, -0.2) is 66.0 Å². The standard InChI is InChI=1S/C23H29N3O3/c1-4-8-21(27)26-13-14-29-23(17-26,22(28)25(2)3)15-18-9-5-6-11-20(18)19-10-7-12-24-16-19/h5-7,9-12,16H,4,8,13-15,17H2,1-3H3. The van der Waals surface area contributed by atoms with E-state index in [1.54, 1.807) is 30.1 Å². The molecule has 6 nitrogen and oxygen atoms in total. The molecule has 6 heteroatoms. The summed E-state index contributed by atoms with van der Waals surface area (Å²) in [5, 5.41) is 0. The molecule has 2 amide bonds. The molecule has 3 rings (SSSR count). The number of likely N-dealkylation sites (N-methyl/N-ethyl adjacent to an activating group) is 1. The average molecular weight is 396 g/mol. The van der Waals surface area contributed by atoms with E-state index in [1.165, 1.54) is 0 Å². The lowest BCUT2D eigenvalue weighted by Gasteiger charge is -2.43. The van der Waals surface area contributed by atoms with Crippen molar-refractivity contribution in [2.24, 2.45) is 0 Å². The quantitative estimate of drug-likeness (QED) is 0.755. The SMILES string of the molecule is CCCC(=O)N1CCOC(Cc2ccccc2-c2cccnc2)(C(=O)N(C)C)C1. The van der Waals surface area contributed by atoms with Gasteiger partial charge in [-0.2, -0.15) is 0 Å². The van der Waals surface area contributed by atoms with Crippen molar-refractivity contribution in [3.63, 3.8) is 0 Å². The Labute approximate surface area is 172 Å². The van der Waals surface area contributed by atoms with Gasteiger partial charge in [0.2, 0.25) is 5.91 Å². The zero-order chi connectivity index (χ0) is 20.9. The lowest BCUT2D eigenvalue weighted by atomic mass is 9.87. The molecule has 2 heterocycles. The van der Waals surface area contributed by atoms with E-state index in [2.05, 4.69) is 4.98 Å². The molecule has 1 aromatic carbocycles. The molecule has 2 aromatic rings. The van der Waals surface area contributed by atoms with Crippen LogP contribution in [0.1, 0.15) is 25.3 Å². The summed E-state index contributed by atoms with van der Waals surface area (Å²) in [6.45, 7) is 3.13. The van der Waals surface area contributed by atoms with Crippen LogP contribution in [0.25, 0.3) is 11.1 Å². The number of hydrogen-bond acceptors (Lipinski definition) is 4. The van der Waals surface area contributed by atoms with E-state index >= 15 is 0 Å². The molecule has 0 radical (unpaired) electrons. The van der Waals surface area contributed by atoms with E-state index in [0.717, 1.165) is 23.1 Å². The van der Waals surface area contributed by atoms with Crippen molar-refractivity contribution in [2.45, 2.75) is 31.8 Å². The van der Waals surface area contributed by atoms with Crippen molar-refractivity contribution in [1.29, 1.82) is 0 Å². The molecule has 1 aromatic heterocycles. The maximum atomic E-state index is 13.2. The summed E-state index contributed by atoms with van der Waals surface area (Å²) in [7, 11) is 3.46. The van der Waals surface area contributed by atoms with Crippen molar-refractivity contribution in [1.82, 2.24) is 14.8 Å². The van der Waals surface area contributed by atoms with Gasteiger partial charge in [-0.15, -0.1) is 0 Å². The zero-order valence-electron chi connectivity index (χ0n) is 17.4. The second kappa shape index (κ2) is 9.18. The molecule has 0 aliphatic carbocycles. The van der Waals surface area contributed by atoms with Gasteiger partial charge < -0.3 is 14.5 Å². The second-order valence-electron chi connectivity index (χ2n) is 7.68. The first-order chi connectivity index (χ1) is 14.0. The van der Waals surface area contributed by atoms with Crippen LogP contribution in [0, 0.1) is 0 Å². The van der Waals surface area contributed by atoms with Gasteiger partial charge in [0.1, 0.15) is 0 Å². The Morgan fingerprint density at radius 3 is 2.69 bits per heavy atom. The Kier molecular flexibility index (Phi) is 6.64. The van der Waals surface area contributed by atoms with Gasteiger partial charge in [0.05, 0.1) is 13.2 Å². The van der Waals surface area contributed by atoms with Gasteiger partial charge in [0.25, 0.3) is 5.91 Å². The Morgan fingerprint density at radius 1 is 1.21 bits per heavy atom. The molecule has 1 fully saturated rings. The number of rotatable bonds is 6. The summed E-state index contributed by atoms with van der Waals surface area (Å²) in [4.78, 5) is 33.4. The van der Waals surface area contributed by atoms with Gasteiger partial charge in [-0.05, 0) is 23.6 Å². The minimum absolute atomic E-state index is 0.0762. The van der Waals surface area contributed by atoms with E-state index < -0.39 is 5.60 Å². The van der Waals surface area contributed by atoms with Gasteiger partial charge in [0, 0.05) is 51.4 Å². The summed E-state index contributed by atoms with van der Waals surface area (Å²) in [5.74, 6) is -0.0419. The zero-order valence-corrected chi connectivity index (χ0v) is 17.4. The van der Waals surface area contributed by atoms with Gasteiger partial charge in [-0.1, -0.05) is 37.3 Å². The Balaban J connectivity index is 1.98. The molecular formula is C23H29N3O3. The average Bonchev–Trinajstić information content (AvgIpc) is 2.74. The lowest BCUT2D eigenvalue weighted by molar-refractivity contribution is -0.172. The third-order valence-corrected chi connectivity index (χ3v) is 5.26. The molecule has 1 unspecified atom stereocenters. The summed E-state index contributed by atoms with van der Waals surface area (Å²) in [6, 6.07) is 11.9. The Hall–Kier alpha value is -2.73. The first-order valence-electron chi connectivity index (χ1n) is 10.1. The van der Waals surface area contributed by atoms with Crippen LogP contribution in [0.2, 0.25) is 0 Å². The molecule has 0 spiro atoms. The number of carbonyl (C=O) groups is 2. The minimum atomic E-state index is -1.09. The highest BCUT2D eigenvalue weighted by molar-refractivity contribution is 5.87. The van der Waals surface area contributed by atoms with Gasteiger partial charge in [0.15, 0.2) is 5.60 Å². The fourth-order valence-electron chi connectivity index (χ4n) is 3.87. The number of aromatic nitrogens is 1. The largest absolute Gasteiger partial charge is 0.361 e. The van der Waals surface area contributed by atoms with Crippen LogP contribution in [0.5, 0.6) is 0 Å². The van der Waals surface area contributed by atoms with Crippen LogP contribution in [0.3, 0.4) is 0 Å². The number of hydrogen-bond donors (Lipinski definition) is 0. The number of benzene rings is 1. The van der Waals surface area contributed by atoms with Crippen molar-refractivity contribution in [3.8, 4) is 11.1 Å². The molecule has 0 N–H and O–H groups in total. The fraction of sp³-hybridized carbons (Fsp3) is 0.435. The Morgan fingerprint density at radius 2 is 2.00 bits per heavy atom. The minimum Gasteiger partial charge on any atom is -0.361 e. The van der Waals surface area contributed by atoms with Crippen molar-refractivity contribution < 1.29 is 14.3 Å². The first kappa shape index (κ1) is 21.0. The molecular weight excluding hydrogens is 366 g/mol. The molecule has 1 atom stereocenters. The van der Waals surface area contributed by atoms with Crippen molar-refractivity contribution in [2.75, 3.05) is 33.8 Å². The highest BCUT2D eigenvalue weighted by atomic mass is 16.5. The molecule has 0 saturated carbocycles. The molecule has 1 aliphatic rings. The number of nitrogens with zero attached hydrogens (tertiary/aromatic N) is 3. The van der Waals surface area contributed by atoms with Crippen LogP contribution >= 0.6 is 0 Å². The Bertz CT molecular complexity index is 853. The van der Waals surface area contributed by atoms with Gasteiger partial charge >= 0.3 is 0 Å². The molecule has 1 aliphatic heterocycles. The number of carbonyl (C=O) groups excluding carboxylic acids is 2. The molecule has 1 saturated heterocycles. The summed E-state index contributed by atoms with van der Waals surface area (Å²) < 4.78 is 6.14. The van der Waals surface area contributed by atoms with E-state index in [9.17, 15) is 9.59 Å². The molecule has 0 bridgehead atoms. The summed E-state index contributed by atoms with van der Waals surface area (Å²) in [5.41, 5.74) is 1.92. The molecule has 154 valence electrons. The topological polar surface area (TPSA) is 62.7 Å². The summed E-state index contributed by atoms with van der Waals surface area (Å²) >= 11 is 0. The first-order valence-corrected chi connectivity index (χ1v) is 10.1. The highest BCUT2D eigenvalue weighted by Gasteiger charge is 2.46. The predicted molar refractivity (Wildman–Crippen MR) is 112 cm³/mol. The van der Waals surface area contributed by atoms with Crippen molar-refractivity contribution >= 4 is 11.8 Å². The number of ether oxygens (including phenoxy) is 1.